The van der Waals surface area contributed by atoms with Gasteiger partial charge in [0.2, 0.25) is 5.91 Å². The van der Waals surface area contributed by atoms with Gasteiger partial charge >= 0.3 is 0 Å². The lowest BCUT2D eigenvalue weighted by Gasteiger charge is -2.23. The SMILES string of the molecule is CN(CCN1CCCC1)C(=O)CN1C(=O)c2ccccc2C1=O. The zero-order chi connectivity index (χ0) is 16.4. The Balaban J connectivity index is 1.57. The molecule has 0 bridgehead atoms. The number of likely N-dealkylation sites (tertiary alicyclic amines) is 1. The molecule has 2 heterocycles. The summed E-state index contributed by atoms with van der Waals surface area (Å²) in [6.45, 7) is 3.43. The molecular formula is C17H21N3O3. The molecule has 122 valence electrons. The summed E-state index contributed by atoms with van der Waals surface area (Å²) in [5, 5.41) is 0. The normalized spacial score (nSPS) is 17.7. The van der Waals surface area contributed by atoms with Crippen LogP contribution in [0.3, 0.4) is 0 Å². The highest BCUT2D eigenvalue weighted by Crippen LogP contribution is 2.22. The van der Waals surface area contributed by atoms with Crippen LogP contribution in [-0.4, -0.2) is 72.2 Å². The lowest BCUT2D eigenvalue weighted by molar-refractivity contribution is -0.130. The molecule has 2 aliphatic heterocycles. The first-order valence-corrected chi connectivity index (χ1v) is 7.99. The molecule has 2 aliphatic rings. The highest BCUT2D eigenvalue weighted by Gasteiger charge is 2.36. The molecule has 1 fully saturated rings. The van der Waals surface area contributed by atoms with Crippen LogP contribution in [0.5, 0.6) is 0 Å². The third-order valence-corrected chi connectivity index (χ3v) is 4.55. The molecule has 0 aromatic heterocycles. The summed E-state index contributed by atoms with van der Waals surface area (Å²) in [7, 11) is 1.72. The van der Waals surface area contributed by atoms with Crippen molar-refractivity contribution in [2.24, 2.45) is 0 Å². The molecule has 6 nitrogen and oxygen atoms in total. The molecule has 0 spiro atoms. The van der Waals surface area contributed by atoms with Gasteiger partial charge in [0.1, 0.15) is 6.54 Å². The summed E-state index contributed by atoms with van der Waals surface area (Å²) in [4.78, 5) is 41.8. The van der Waals surface area contributed by atoms with Gasteiger partial charge in [-0.2, -0.15) is 0 Å². The third-order valence-electron chi connectivity index (χ3n) is 4.55. The van der Waals surface area contributed by atoms with E-state index in [2.05, 4.69) is 4.90 Å². The minimum absolute atomic E-state index is 0.192. The van der Waals surface area contributed by atoms with E-state index in [1.165, 1.54) is 12.8 Å². The van der Waals surface area contributed by atoms with Crippen LogP contribution in [0, 0.1) is 0 Å². The number of hydrogen-bond acceptors (Lipinski definition) is 4. The van der Waals surface area contributed by atoms with Gasteiger partial charge in [0.05, 0.1) is 11.1 Å². The lowest BCUT2D eigenvalue weighted by atomic mass is 10.1. The third kappa shape index (κ3) is 3.12. The van der Waals surface area contributed by atoms with Crippen LogP contribution in [0.15, 0.2) is 24.3 Å². The molecule has 0 saturated carbocycles. The van der Waals surface area contributed by atoms with Gasteiger partial charge in [-0.3, -0.25) is 19.3 Å². The molecule has 1 aromatic rings. The molecule has 0 N–H and O–H groups in total. The number of likely N-dealkylation sites (N-methyl/N-ethyl adjacent to an activating group) is 1. The summed E-state index contributed by atoms with van der Waals surface area (Å²) in [5.41, 5.74) is 0.759. The van der Waals surface area contributed by atoms with Crippen molar-refractivity contribution in [2.45, 2.75) is 12.8 Å². The fraction of sp³-hybridized carbons (Fsp3) is 0.471. The molecule has 1 aromatic carbocycles. The second kappa shape index (κ2) is 6.50. The molecule has 0 atom stereocenters. The molecule has 23 heavy (non-hydrogen) atoms. The Morgan fingerprint density at radius 3 is 2.22 bits per heavy atom. The first kappa shape index (κ1) is 15.7. The Kier molecular flexibility index (Phi) is 4.43. The molecule has 3 rings (SSSR count). The van der Waals surface area contributed by atoms with E-state index < -0.39 is 0 Å². The summed E-state index contributed by atoms with van der Waals surface area (Å²) in [6, 6.07) is 6.68. The number of nitrogens with zero attached hydrogens (tertiary/aromatic N) is 3. The number of fused-ring (bicyclic) bond motifs is 1. The van der Waals surface area contributed by atoms with Crippen molar-refractivity contribution < 1.29 is 14.4 Å². The maximum Gasteiger partial charge on any atom is 0.262 e. The Hall–Kier alpha value is -2.21. The smallest absolute Gasteiger partial charge is 0.262 e. The Morgan fingerprint density at radius 1 is 1.09 bits per heavy atom. The van der Waals surface area contributed by atoms with Gasteiger partial charge in [-0.15, -0.1) is 0 Å². The van der Waals surface area contributed by atoms with Crippen LogP contribution in [0.25, 0.3) is 0 Å². The van der Waals surface area contributed by atoms with Gasteiger partial charge < -0.3 is 9.80 Å². The zero-order valence-corrected chi connectivity index (χ0v) is 13.3. The summed E-state index contributed by atoms with van der Waals surface area (Å²) >= 11 is 0. The van der Waals surface area contributed by atoms with E-state index in [0.29, 0.717) is 17.7 Å². The zero-order valence-electron chi connectivity index (χ0n) is 13.3. The van der Waals surface area contributed by atoms with Gasteiger partial charge in [-0.25, -0.2) is 0 Å². The summed E-state index contributed by atoms with van der Waals surface area (Å²) in [6.07, 6.45) is 2.43. The van der Waals surface area contributed by atoms with E-state index in [1.54, 1.807) is 36.2 Å². The number of carbonyl (C=O) groups is 3. The summed E-state index contributed by atoms with van der Waals surface area (Å²) in [5.74, 6) is -0.975. The molecule has 3 amide bonds. The van der Waals surface area contributed by atoms with E-state index in [9.17, 15) is 14.4 Å². The number of benzene rings is 1. The molecule has 6 heteroatoms. The van der Waals surface area contributed by atoms with Gasteiger partial charge in [0.25, 0.3) is 11.8 Å². The quantitative estimate of drug-likeness (QED) is 0.756. The first-order chi connectivity index (χ1) is 11.1. The van der Waals surface area contributed by atoms with E-state index in [-0.39, 0.29) is 24.3 Å². The van der Waals surface area contributed by atoms with Crippen LogP contribution in [0.2, 0.25) is 0 Å². The Morgan fingerprint density at radius 2 is 1.65 bits per heavy atom. The van der Waals surface area contributed by atoms with Crippen molar-refractivity contribution in [2.75, 3.05) is 39.8 Å². The molecule has 0 unspecified atom stereocenters. The van der Waals surface area contributed by atoms with Crippen LogP contribution < -0.4 is 0 Å². The van der Waals surface area contributed by atoms with E-state index in [0.717, 1.165) is 24.5 Å². The van der Waals surface area contributed by atoms with Gasteiger partial charge in [-0.1, -0.05) is 12.1 Å². The Bertz CT molecular complexity index is 603. The van der Waals surface area contributed by atoms with Crippen molar-refractivity contribution in [1.82, 2.24) is 14.7 Å². The fourth-order valence-corrected chi connectivity index (χ4v) is 3.06. The predicted octanol–water partition coefficient (Wildman–Crippen LogP) is 0.837. The minimum Gasteiger partial charge on any atom is -0.343 e. The van der Waals surface area contributed by atoms with Crippen LogP contribution in [0.4, 0.5) is 0 Å². The van der Waals surface area contributed by atoms with E-state index in [4.69, 9.17) is 0 Å². The standard InChI is InChI=1S/C17H21N3O3/c1-18(10-11-19-8-4-5-9-19)15(21)12-20-16(22)13-6-2-3-7-14(13)17(20)23/h2-3,6-7H,4-5,8-12H2,1H3. The number of imide groups is 1. The number of carbonyl (C=O) groups excluding carboxylic acids is 3. The highest BCUT2D eigenvalue weighted by atomic mass is 16.2. The van der Waals surface area contributed by atoms with Crippen LogP contribution >= 0.6 is 0 Å². The molecular weight excluding hydrogens is 294 g/mol. The number of amides is 3. The lowest BCUT2D eigenvalue weighted by Crippen LogP contribution is -2.43. The minimum atomic E-state index is -0.383. The predicted molar refractivity (Wildman–Crippen MR) is 85.1 cm³/mol. The van der Waals surface area contributed by atoms with Crippen molar-refractivity contribution >= 4 is 17.7 Å². The second-order valence-electron chi connectivity index (χ2n) is 6.11. The Labute approximate surface area is 135 Å². The van der Waals surface area contributed by atoms with E-state index >= 15 is 0 Å². The largest absolute Gasteiger partial charge is 0.343 e. The number of rotatable bonds is 5. The van der Waals surface area contributed by atoms with Crippen molar-refractivity contribution in [3.8, 4) is 0 Å². The van der Waals surface area contributed by atoms with Crippen LogP contribution in [-0.2, 0) is 4.79 Å². The highest BCUT2D eigenvalue weighted by molar-refractivity contribution is 6.22. The maximum absolute atomic E-state index is 12.3. The monoisotopic (exact) mass is 315 g/mol. The van der Waals surface area contributed by atoms with Gasteiger partial charge in [0.15, 0.2) is 0 Å². The van der Waals surface area contributed by atoms with Crippen molar-refractivity contribution in [3.05, 3.63) is 35.4 Å². The average Bonchev–Trinajstić information content (AvgIpc) is 3.16. The maximum atomic E-state index is 12.3. The van der Waals surface area contributed by atoms with Crippen molar-refractivity contribution in [1.29, 1.82) is 0 Å². The summed E-state index contributed by atoms with van der Waals surface area (Å²) < 4.78 is 0. The van der Waals surface area contributed by atoms with Gasteiger partial charge in [0, 0.05) is 20.1 Å². The number of hydrogen-bond donors (Lipinski definition) is 0. The average molecular weight is 315 g/mol. The first-order valence-electron chi connectivity index (χ1n) is 7.99. The van der Waals surface area contributed by atoms with E-state index in [1.807, 2.05) is 0 Å². The topological polar surface area (TPSA) is 60.9 Å². The van der Waals surface area contributed by atoms with Gasteiger partial charge in [-0.05, 0) is 38.1 Å². The fourth-order valence-electron chi connectivity index (χ4n) is 3.06. The molecule has 0 radical (unpaired) electrons. The molecule has 1 saturated heterocycles. The van der Waals surface area contributed by atoms with Crippen LogP contribution in [0.1, 0.15) is 33.6 Å². The molecule has 0 aliphatic carbocycles. The second-order valence-corrected chi connectivity index (χ2v) is 6.11. The van der Waals surface area contributed by atoms with Crippen molar-refractivity contribution in [3.63, 3.8) is 0 Å².